The second-order valence-corrected chi connectivity index (χ2v) is 8.82. The molecule has 1 fully saturated rings. The van der Waals surface area contributed by atoms with E-state index >= 15 is 0 Å². The van der Waals surface area contributed by atoms with Crippen molar-refractivity contribution in [1.29, 1.82) is 0 Å². The van der Waals surface area contributed by atoms with Crippen LogP contribution in [0.25, 0.3) is 0 Å². The minimum absolute atomic E-state index is 0.0772. The molecule has 7 nitrogen and oxygen atoms in total. The average molecular weight is 419 g/mol. The van der Waals surface area contributed by atoms with Crippen LogP contribution in [0.1, 0.15) is 41.6 Å². The largest absolute Gasteiger partial charge is 0.496 e. The van der Waals surface area contributed by atoms with Gasteiger partial charge >= 0.3 is 0 Å². The minimum Gasteiger partial charge on any atom is -0.496 e. The lowest BCUT2D eigenvalue weighted by Crippen LogP contribution is -2.32. The summed E-state index contributed by atoms with van der Waals surface area (Å²) in [7, 11) is -2.24. The molecule has 1 saturated heterocycles. The van der Waals surface area contributed by atoms with Gasteiger partial charge in [0.25, 0.3) is 5.91 Å². The van der Waals surface area contributed by atoms with Crippen molar-refractivity contribution in [2.24, 2.45) is 0 Å². The van der Waals surface area contributed by atoms with Gasteiger partial charge in [0.2, 0.25) is 10.0 Å². The molecule has 0 unspecified atom stereocenters. The first-order chi connectivity index (χ1) is 14.0. The third kappa shape index (κ3) is 5.35. The molecule has 8 heteroatoms. The molecule has 1 heterocycles. The average Bonchev–Trinajstić information content (AvgIpc) is 3.04. The van der Waals surface area contributed by atoms with E-state index in [1.165, 1.54) is 29.6 Å². The molecule has 1 amide bonds. The van der Waals surface area contributed by atoms with Crippen molar-refractivity contribution in [2.45, 2.75) is 37.2 Å². The Labute approximate surface area is 171 Å². The Morgan fingerprint density at radius 3 is 2.38 bits per heavy atom. The summed E-state index contributed by atoms with van der Waals surface area (Å²) < 4.78 is 32.8. The lowest BCUT2D eigenvalue weighted by molar-refractivity contribution is 0.0231. The molecule has 0 bridgehead atoms. The Kier molecular flexibility index (Phi) is 7.24. The summed E-state index contributed by atoms with van der Waals surface area (Å²) in [6, 6.07) is 13.7. The van der Waals surface area contributed by atoms with Gasteiger partial charge in [-0.3, -0.25) is 9.63 Å². The molecule has 1 N–H and O–H groups in total. The van der Waals surface area contributed by atoms with Gasteiger partial charge in [0, 0.05) is 13.1 Å². The SMILES string of the molecule is COc1ccc(S(=O)(=O)N2CCCCCC2)cc1C(=O)NOCc1ccccc1. The van der Waals surface area contributed by atoms with Crippen LogP contribution in [-0.2, 0) is 21.5 Å². The lowest BCUT2D eigenvalue weighted by Gasteiger charge is -2.20. The Balaban J connectivity index is 1.76. The number of nitrogens with zero attached hydrogens (tertiary/aromatic N) is 1. The van der Waals surface area contributed by atoms with E-state index in [4.69, 9.17) is 9.57 Å². The summed E-state index contributed by atoms with van der Waals surface area (Å²) in [5.74, 6) is -0.286. The fraction of sp³-hybridized carbons (Fsp3) is 0.381. The molecule has 0 radical (unpaired) electrons. The Morgan fingerprint density at radius 2 is 1.72 bits per heavy atom. The third-order valence-corrected chi connectivity index (χ3v) is 6.76. The molecule has 2 aromatic rings. The number of hydrogen-bond acceptors (Lipinski definition) is 5. The van der Waals surface area contributed by atoms with E-state index in [1.54, 1.807) is 0 Å². The number of nitrogens with one attached hydrogen (secondary N) is 1. The van der Waals surface area contributed by atoms with Crippen molar-refractivity contribution in [3.8, 4) is 5.75 Å². The summed E-state index contributed by atoms with van der Waals surface area (Å²) in [5.41, 5.74) is 3.37. The number of rotatable bonds is 7. The minimum atomic E-state index is -3.67. The van der Waals surface area contributed by atoms with Crippen molar-refractivity contribution in [2.75, 3.05) is 20.2 Å². The van der Waals surface area contributed by atoms with Crippen LogP contribution in [0.2, 0.25) is 0 Å². The summed E-state index contributed by atoms with van der Waals surface area (Å²) in [6.45, 7) is 1.19. The number of benzene rings is 2. The number of hydrogen-bond donors (Lipinski definition) is 1. The number of carbonyl (C=O) groups is 1. The maximum atomic E-state index is 13.0. The van der Waals surface area contributed by atoms with Gasteiger partial charge in [-0.1, -0.05) is 43.2 Å². The van der Waals surface area contributed by atoms with Crippen LogP contribution in [0.4, 0.5) is 0 Å². The van der Waals surface area contributed by atoms with Crippen LogP contribution in [0.15, 0.2) is 53.4 Å². The van der Waals surface area contributed by atoms with Crippen molar-refractivity contribution < 1.29 is 22.8 Å². The predicted molar refractivity (Wildman–Crippen MR) is 109 cm³/mol. The van der Waals surface area contributed by atoms with Gasteiger partial charge in [-0.2, -0.15) is 4.31 Å². The topological polar surface area (TPSA) is 84.9 Å². The first kappa shape index (κ1) is 21.3. The van der Waals surface area contributed by atoms with Gasteiger partial charge in [-0.25, -0.2) is 13.9 Å². The number of amides is 1. The fourth-order valence-corrected chi connectivity index (χ4v) is 4.81. The van der Waals surface area contributed by atoms with Crippen LogP contribution in [0, 0.1) is 0 Å². The molecule has 0 atom stereocenters. The molecule has 3 rings (SSSR count). The highest BCUT2D eigenvalue weighted by Crippen LogP contribution is 2.26. The Bertz CT molecular complexity index is 923. The summed E-state index contributed by atoms with van der Waals surface area (Å²) in [4.78, 5) is 18.0. The molecule has 0 saturated carbocycles. The fourth-order valence-electron chi connectivity index (χ4n) is 3.27. The molecule has 156 valence electrons. The van der Waals surface area contributed by atoms with Crippen molar-refractivity contribution in [3.05, 3.63) is 59.7 Å². The molecule has 1 aliphatic heterocycles. The number of hydroxylamine groups is 1. The van der Waals surface area contributed by atoms with Gasteiger partial charge in [0.05, 0.1) is 24.2 Å². The summed E-state index contributed by atoms with van der Waals surface area (Å²) >= 11 is 0. The molecule has 0 aromatic heterocycles. The number of sulfonamides is 1. The van der Waals surface area contributed by atoms with E-state index < -0.39 is 15.9 Å². The van der Waals surface area contributed by atoms with Crippen LogP contribution in [-0.4, -0.2) is 38.8 Å². The van der Waals surface area contributed by atoms with Crippen molar-refractivity contribution in [3.63, 3.8) is 0 Å². The molecule has 29 heavy (non-hydrogen) atoms. The smallest absolute Gasteiger partial charge is 0.278 e. The highest BCUT2D eigenvalue weighted by molar-refractivity contribution is 7.89. The molecule has 0 aliphatic carbocycles. The molecule has 0 spiro atoms. The van der Waals surface area contributed by atoms with Gasteiger partial charge in [-0.05, 0) is 36.6 Å². The summed E-state index contributed by atoms with van der Waals surface area (Å²) in [5, 5.41) is 0. The Hall–Kier alpha value is -2.42. The van der Waals surface area contributed by atoms with Crippen LogP contribution in [0.3, 0.4) is 0 Å². The molecule has 1 aliphatic rings. The normalized spacial score (nSPS) is 15.5. The molecule has 2 aromatic carbocycles. The monoisotopic (exact) mass is 418 g/mol. The van der Waals surface area contributed by atoms with E-state index in [2.05, 4.69) is 5.48 Å². The number of ether oxygens (including phenoxy) is 1. The number of carbonyl (C=O) groups excluding carboxylic acids is 1. The van der Waals surface area contributed by atoms with Gasteiger partial charge in [0.1, 0.15) is 5.75 Å². The third-order valence-electron chi connectivity index (χ3n) is 4.86. The van der Waals surface area contributed by atoms with E-state index in [-0.39, 0.29) is 22.8 Å². The standard InChI is InChI=1S/C21H26N2O5S/c1-27-20-12-11-18(29(25,26)23-13-7-2-3-8-14-23)15-19(20)21(24)22-28-16-17-9-5-4-6-10-17/h4-6,9-12,15H,2-3,7-8,13-14,16H2,1H3,(H,22,24). The summed E-state index contributed by atoms with van der Waals surface area (Å²) in [6.07, 6.45) is 3.74. The second-order valence-electron chi connectivity index (χ2n) is 6.89. The van der Waals surface area contributed by atoms with Gasteiger partial charge in [0.15, 0.2) is 0 Å². The zero-order valence-electron chi connectivity index (χ0n) is 16.5. The zero-order chi connectivity index (χ0) is 20.7. The Morgan fingerprint density at radius 1 is 1.03 bits per heavy atom. The van der Waals surface area contributed by atoms with Crippen molar-refractivity contribution >= 4 is 15.9 Å². The van der Waals surface area contributed by atoms with Crippen molar-refractivity contribution in [1.82, 2.24) is 9.79 Å². The highest BCUT2D eigenvalue weighted by atomic mass is 32.2. The molecular weight excluding hydrogens is 392 g/mol. The van der Waals surface area contributed by atoms with Gasteiger partial charge in [-0.15, -0.1) is 0 Å². The highest BCUT2D eigenvalue weighted by Gasteiger charge is 2.27. The van der Waals surface area contributed by atoms with Crippen LogP contribution in [0.5, 0.6) is 5.75 Å². The maximum Gasteiger partial charge on any atom is 0.278 e. The second kappa shape index (κ2) is 9.87. The van der Waals surface area contributed by atoms with Gasteiger partial charge < -0.3 is 4.74 Å². The first-order valence-electron chi connectivity index (χ1n) is 9.66. The zero-order valence-corrected chi connectivity index (χ0v) is 17.3. The quantitative estimate of drug-likeness (QED) is 0.699. The van der Waals surface area contributed by atoms with E-state index in [9.17, 15) is 13.2 Å². The van der Waals surface area contributed by atoms with E-state index in [0.717, 1.165) is 31.2 Å². The maximum absolute atomic E-state index is 13.0. The van der Waals surface area contributed by atoms with Crippen LogP contribution >= 0.6 is 0 Å². The lowest BCUT2D eigenvalue weighted by atomic mass is 10.2. The van der Waals surface area contributed by atoms with Crippen LogP contribution < -0.4 is 10.2 Å². The van der Waals surface area contributed by atoms with E-state index in [0.29, 0.717) is 13.1 Å². The molecular formula is C21H26N2O5S. The number of methoxy groups -OCH3 is 1. The predicted octanol–water partition coefficient (Wildman–Crippen LogP) is 3.12. The van der Waals surface area contributed by atoms with E-state index in [1.807, 2.05) is 30.3 Å². The first-order valence-corrected chi connectivity index (χ1v) is 11.1.